The average Bonchev–Trinajstić information content (AvgIpc) is 2.69. The molecule has 1 aromatic heterocycles. The zero-order valence-corrected chi connectivity index (χ0v) is 9.31. The van der Waals surface area contributed by atoms with E-state index in [0.29, 0.717) is 0 Å². The number of carbonyl (C=O) groups is 2. The summed E-state index contributed by atoms with van der Waals surface area (Å²) in [5, 5.41) is 3.58. The molecule has 82 valence electrons. The van der Waals surface area contributed by atoms with Gasteiger partial charge in [-0.1, -0.05) is 6.07 Å². The van der Waals surface area contributed by atoms with Crippen molar-refractivity contribution < 1.29 is 18.0 Å². The number of hydrogen-bond donors (Lipinski definition) is 2. The van der Waals surface area contributed by atoms with Crippen LogP contribution in [0, 0.1) is 0 Å². The standard InChI is InChI=1S/C7H8N2O4S2/c1-8-6(10)7(11)9-15(12,13)5-3-2-4-14-5/h2-4H,1H3,(H,8,10)(H,9,11). The Morgan fingerprint density at radius 2 is 2.00 bits per heavy atom. The number of likely N-dealkylation sites (N-methyl/N-ethyl adjacent to an activating group) is 1. The van der Waals surface area contributed by atoms with E-state index in [1.165, 1.54) is 19.2 Å². The molecule has 0 aliphatic rings. The summed E-state index contributed by atoms with van der Waals surface area (Å²) < 4.78 is 24.5. The van der Waals surface area contributed by atoms with Gasteiger partial charge in [-0.25, -0.2) is 13.1 Å². The summed E-state index contributed by atoms with van der Waals surface area (Å²) in [5.41, 5.74) is 0. The molecule has 0 fully saturated rings. The fraction of sp³-hybridized carbons (Fsp3) is 0.143. The van der Waals surface area contributed by atoms with Crippen molar-refractivity contribution in [3.05, 3.63) is 17.5 Å². The number of sulfonamides is 1. The maximum absolute atomic E-state index is 11.4. The zero-order valence-electron chi connectivity index (χ0n) is 7.68. The van der Waals surface area contributed by atoms with E-state index in [1.54, 1.807) is 10.1 Å². The number of rotatable bonds is 2. The van der Waals surface area contributed by atoms with Crippen molar-refractivity contribution in [1.82, 2.24) is 10.0 Å². The van der Waals surface area contributed by atoms with E-state index in [1.807, 2.05) is 5.32 Å². The first-order chi connectivity index (χ1) is 6.97. The van der Waals surface area contributed by atoms with Crippen molar-refractivity contribution in [3.63, 3.8) is 0 Å². The molecular formula is C7H8N2O4S2. The van der Waals surface area contributed by atoms with Crippen LogP contribution >= 0.6 is 11.3 Å². The summed E-state index contributed by atoms with van der Waals surface area (Å²) in [7, 11) is -2.68. The van der Waals surface area contributed by atoms with Crippen molar-refractivity contribution in [1.29, 1.82) is 0 Å². The van der Waals surface area contributed by atoms with Crippen LogP contribution in [-0.4, -0.2) is 27.3 Å². The Balaban J connectivity index is 2.83. The number of amides is 2. The van der Waals surface area contributed by atoms with Gasteiger partial charge in [0.2, 0.25) is 0 Å². The van der Waals surface area contributed by atoms with Crippen LogP contribution in [0.1, 0.15) is 0 Å². The van der Waals surface area contributed by atoms with Crippen LogP contribution < -0.4 is 10.0 Å². The molecule has 1 aromatic rings. The van der Waals surface area contributed by atoms with E-state index in [-0.39, 0.29) is 4.21 Å². The zero-order chi connectivity index (χ0) is 11.5. The predicted molar refractivity (Wildman–Crippen MR) is 53.7 cm³/mol. The van der Waals surface area contributed by atoms with Crippen LogP contribution in [0.4, 0.5) is 0 Å². The number of thiophene rings is 1. The van der Waals surface area contributed by atoms with Crippen LogP contribution in [0.2, 0.25) is 0 Å². The third-order valence-electron chi connectivity index (χ3n) is 1.42. The highest BCUT2D eigenvalue weighted by atomic mass is 32.2. The third-order valence-corrected chi connectivity index (χ3v) is 4.15. The van der Waals surface area contributed by atoms with Crippen molar-refractivity contribution in [2.45, 2.75) is 4.21 Å². The van der Waals surface area contributed by atoms with E-state index < -0.39 is 21.8 Å². The van der Waals surface area contributed by atoms with Gasteiger partial charge < -0.3 is 5.32 Å². The van der Waals surface area contributed by atoms with Gasteiger partial charge in [0.1, 0.15) is 4.21 Å². The molecule has 0 radical (unpaired) electrons. The largest absolute Gasteiger partial charge is 0.351 e. The van der Waals surface area contributed by atoms with Gasteiger partial charge in [-0.2, -0.15) is 0 Å². The molecule has 0 saturated heterocycles. The lowest BCUT2D eigenvalue weighted by Gasteiger charge is -2.02. The summed E-state index contributed by atoms with van der Waals surface area (Å²) >= 11 is 0.957. The van der Waals surface area contributed by atoms with Gasteiger partial charge in [0, 0.05) is 7.05 Å². The minimum absolute atomic E-state index is 0.0141. The SMILES string of the molecule is CNC(=O)C(=O)NS(=O)(=O)c1cccs1. The van der Waals surface area contributed by atoms with E-state index >= 15 is 0 Å². The van der Waals surface area contributed by atoms with Gasteiger partial charge in [-0.15, -0.1) is 11.3 Å². The second-order valence-electron chi connectivity index (χ2n) is 2.45. The molecule has 1 heterocycles. The van der Waals surface area contributed by atoms with Crippen LogP contribution in [0.3, 0.4) is 0 Å². The average molecular weight is 248 g/mol. The highest BCUT2D eigenvalue weighted by Crippen LogP contribution is 2.14. The molecule has 2 amide bonds. The smallest absolute Gasteiger partial charge is 0.323 e. The monoisotopic (exact) mass is 248 g/mol. The highest BCUT2D eigenvalue weighted by molar-refractivity contribution is 7.92. The van der Waals surface area contributed by atoms with Crippen LogP contribution in [0.25, 0.3) is 0 Å². The van der Waals surface area contributed by atoms with Crippen LogP contribution in [-0.2, 0) is 19.6 Å². The molecule has 8 heteroatoms. The Morgan fingerprint density at radius 3 is 2.47 bits per heavy atom. The van der Waals surface area contributed by atoms with E-state index in [4.69, 9.17) is 0 Å². The molecule has 0 aliphatic carbocycles. The maximum atomic E-state index is 11.4. The van der Waals surface area contributed by atoms with Crippen LogP contribution in [0.5, 0.6) is 0 Å². The minimum Gasteiger partial charge on any atom is -0.351 e. The molecule has 15 heavy (non-hydrogen) atoms. The second kappa shape index (κ2) is 4.41. The van der Waals surface area contributed by atoms with Gasteiger partial charge in [-0.05, 0) is 11.4 Å². The lowest BCUT2D eigenvalue weighted by molar-refractivity contribution is -0.137. The summed E-state index contributed by atoms with van der Waals surface area (Å²) in [4.78, 5) is 21.8. The summed E-state index contributed by atoms with van der Waals surface area (Å²) in [5.74, 6) is -2.21. The molecule has 0 spiro atoms. The molecule has 0 bridgehead atoms. The first kappa shape index (κ1) is 11.7. The first-order valence-corrected chi connectivity index (χ1v) is 6.16. The van der Waals surface area contributed by atoms with E-state index in [0.717, 1.165) is 11.3 Å². The Morgan fingerprint density at radius 1 is 1.33 bits per heavy atom. The van der Waals surface area contributed by atoms with Crippen molar-refractivity contribution in [3.8, 4) is 0 Å². The fourth-order valence-electron chi connectivity index (χ4n) is 0.749. The predicted octanol–water partition coefficient (Wildman–Crippen LogP) is -0.701. The molecule has 2 N–H and O–H groups in total. The molecule has 0 aromatic carbocycles. The lowest BCUT2D eigenvalue weighted by Crippen LogP contribution is -2.40. The molecule has 6 nitrogen and oxygen atoms in total. The van der Waals surface area contributed by atoms with Crippen molar-refractivity contribution >= 4 is 33.2 Å². The number of nitrogens with one attached hydrogen (secondary N) is 2. The number of hydrogen-bond acceptors (Lipinski definition) is 5. The molecule has 0 aliphatic heterocycles. The molecule has 0 atom stereocenters. The Labute approximate surface area is 90.4 Å². The van der Waals surface area contributed by atoms with Gasteiger partial charge in [0.25, 0.3) is 10.0 Å². The maximum Gasteiger partial charge on any atom is 0.323 e. The fourth-order valence-corrected chi connectivity index (χ4v) is 2.69. The van der Waals surface area contributed by atoms with E-state index in [9.17, 15) is 18.0 Å². The van der Waals surface area contributed by atoms with Gasteiger partial charge in [0.15, 0.2) is 0 Å². The van der Waals surface area contributed by atoms with Crippen molar-refractivity contribution in [2.75, 3.05) is 7.05 Å². The molecular weight excluding hydrogens is 240 g/mol. The third kappa shape index (κ3) is 2.77. The molecule has 0 unspecified atom stereocenters. The number of carbonyl (C=O) groups excluding carboxylic acids is 2. The van der Waals surface area contributed by atoms with Crippen molar-refractivity contribution in [2.24, 2.45) is 0 Å². The first-order valence-electron chi connectivity index (χ1n) is 3.79. The quantitative estimate of drug-likeness (QED) is 0.677. The lowest BCUT2D eigenvalue weighted by atomic mass is 10.6. The Kier molecular flexibility index (Phi) is 3.43. The van der Waals surface area contributed by atoms with Crippen LogP contribution in [0.15, 0.2) is 21.7 Å². The van der Waals surface area contributed by atoms with Gasteiger partial charge in [0.05, 0.1) is 0 Å². The highest BCUT2D eigenvalue weighted by Gasteiger charge is 2.22. The van der Waals surface area contributed by atoms with Gasteiger partial charge >= 0.3 is 11.8 Å². The van der Waals surface area contributed by atoms with E-state index in [2.05, 4.69) is 0 Å². The summed E-state index contributed by atoms with van der Waals surface area (Å²) in [6, 6.07) is 2.87. The Hall–Kier alpha value is -1.41. The Bertz CT molecular complexity index is 463. The normalized spacial score (nSPS) is 10.7. The second-order valence-corrected chi connectivity index (χ2v) is 5.30. The molecule has 1 rings (SSSR count). The van der Waals surface area contributed by atoms with Gasteiger partial charge in [-0.3, -0.25) is 9.59 Å². The summed E-state index contributed by atoms with van der Waals surface area (Å²) in [6.07, 6.45) is 0. The summed E-state index contributed by atoms with van der Waals surface area (Å²) in [6.45, 7) is 0. The molecule has 0 saturated carbocycles. The topological polar surface area (TPSA) is 92.3 Å². The minimum atomic E-state index is -3.91.